The smallest absolute Gasteiger partial charge is 0.261 e. The molecule has 1 aliphatic heterocycles. The Hall–Kier alpha value is -3.74. The van der Waals surface area contributed by atoms with E-state index < -0.39 is 12.1 Å². The summed E-state index contributed by atoms with van der Waals surface area (Å²) in [7, 11) is 0. The fraction of sp³-hybridized carbons (Fsp3) is 0.286. The summed E-state index contributed by atoms with van der Waals surface area (Å²) in [5.74, 6) is -0.529. The zero-order valence-corrected chi connectivity index (χ0v) is 19.8. The third kappa shape index (κ3) is 5.67. The van der Waals surface area contributed by atoms with Gasteiger partial charge in [-0.1, -0.05) is 37.3 Å². The number of carbonyl (C=O) groups is 2. The normalized spacial score (nSPS) is 15.8. The maximum Gasteiger partial charge on any atom is 0.261 e. The lowest BCUT2D eigenvalue weighted by Gasteiger charge is -2.38. The van der Waals surface area contributed by atoms with E-state index in [-0.39, 0.29) is 30.0 Å². The molecule has 0 radical (unpaired) electrons. The molecular weight excluding hydrogens is 450 g/mol. The summed E-state index contributed by atoms with van der Waals surface area (Å²) in [6, 6.07) is 17.3. The van der Waals surface area contributed by atoms with Gasteiger partial charge in [0.05, 0.1) is 6.04 Å². The quantitative estimate of drug-likeness (QED) is 0.524. The predicted molar refractivity (Wildman–Crippen MR) is 129 cm³/mol. The van der Waals surface area contributed by atoms with Crippen LogP contribution >= 0.6 is 0 Å². The van der Waals surface area contributed by atoms with Crippen molar-refractivity contribution in [1.29, 1.82) is 0 Å². The molecule has 182 valence electrons. The molecule has 2 amide bonds. The Morgan fingerprint density at radius 1 is 1.06 bits per heavy atom. The highest BCUT2D eigenvalue weighted by atomic mass is 19.1. The number of hydrogen-bond donors (Lipinski definition) is 1. The summed E-state index contributed by atoms with van der Waals surface area (Å²) in [6.07, 6.45) is 0.252. The van der Waals surface area contributed by atoms with Crippen LogP contribution in [0, 0.1) is 11.6 Å². The first-order chi connectivity index (χ1) is 16.9. The molecule has 3 aromatic rings. The lowest BCUT2D eigenvalue weighted by Crippen LogP contribution is -2.40. The van der Waals surface area contributed by atoms with Gasteiger partial charge in [-0.2, -0.15) is 0 Å². The Bertz CT molecular complexity index is 1210. The molecule has 35 heavy (non-hydrogen) atoms. The SMILES string of the molecule is CCC(=O)N1CCc2ccc(O[C@@H](C)C(=O)NCc3ccc(F)cc3)cc2[C@H]1c1cccc(F)c1. The first-order valence-electron chi connectivity index (χ1n) is 11.7. The summed E-state index contributed by atoms with van der Waals surface area (Å²) in [4.78, 5) is 27.1. The van der Waals surface area contributed by atoms with E-state index >= 15 is 0 Å². The number of fused-ring (bicyclic) bond motifs is 1. The number of amides is 2. The molecule has 3 aromatic carbocycles. The molecule has 5 nitrogen and oxygen atoms in total. The number of nitrogens with one attached hydrogen (secondary N) is 1. The van der Waals surface area contributed by atoms with Crippen LogP contribution in [-0.2, 0) is 22.6 Å². The van der Waals surface area contributed by atoms with Crippen LogP contribution in [-0.4, -0.2) is 29.4 Å². The Labute approximate surface area is 203 Å². The molecule has 0 aromatic heterocycles. The van der Waals surface area contributed by atoms with E-state index in [1.165, 1.54) is 24.3 Å². The van der Waals surface area contributed by atoms with Crippen LogP contribution in [0.2, 0.25) is 0 Å². The maximum atomic E-state index is 14.1. The second kappa shape index (κ2) is 10.7. The third-order valence-electron chi connectivity index (χ3n) is 6.19. The van der Waals surface area contributed by atoms with Crippen molar-refractivity contribution in [2.24, 2.45) is 0 Å². The predicted octanol–water partition coefficient (Wildman–Crippen LogP) is 4.93. The highest BCUT2D eigenvalue weighted by Crippen LogP contribution is 2.37. The molecule has 1 aliphatic rings. The van der Waals surface area contributed by atoms with Gasteiger partial charge in [-0.25, -0.2) is 8.78 Å². The molecule has 0 unspecified atom stereocenters. The molecule has 1 N–H and O–H groups in total. The summed E-state index contributed by atoms with van der Waals surface area (Å²) in [5.41, 5.74) is 3.38. The number of hydrogen-bond acceptors (Lipinski definition) is 3. The number of carbonyl (C=O) groups excluding carboxylic acids is 2. The van der Waals surface area contributed by atoms with Crippen molar-refractivity contribution in [3.05, 3.63) is 101 Å². The molecule has 0 aliphatic carbocycles. The van der Waals surface area contributed by atoms with E-state index in [9.17, 15) is 18.4 Å². The Kier molecular flexibility index (Phi) is 7.44. The van der Waals surface area contributed by atoms with Crippen molar-refractivity contribution in [2.75, 3.05) is 6.54 Å². The maximum absolute atomic E-state index is 14.1. The fourth-order valence-electron chi connectivity index (χ4n) is 4.37. The van der Waals surface area contributed by atoms with Crippen LogP contribution < -0.4 is 10.1 Å². The van der Waals surface area contributed by atoms with Gasteiger partial charge in [0.15, 0.2) is 6.10 Å². The van der Waals surface area contributed by atoms with Gasteiger partial charge in [-0.3, -0.25) is 9.59 Å². The Balaban J connectivity index is 1.54. The van der Waals surface area contributed by atoms with Gasteiger partial charge in [0.25, 0.3) is 5.91 Å². The molecule has 2 atom stereocenters. The third-order valence-corrected chi connectivity index (χ3v) is 6.19. The van der Waals surface area contributed by atoms with Crippen molar-refractivity contribution >= 4 is 11.8 Å². The van der Waals surface area contributed by atoms with Crippen LogP contribution in [0.25, 0.3) is 0 Å². The van der Waals surface area contributed by atoms with E-state index in [1.54, 1.807) is 30.0 Å². The first kappa shape index (κ1) is 24.4. The number of nitrogens with zero attached hydrogens (tertiary/aromatic N) is 1. The van der Waals surface area contributed by atoms with E-state index in [0.717, 1.165) is 16.7 Å². The van der Waals surface area contributed by atoms with Crippen LogP contribution in [0.4, 0.5) is 8.78 Å². The summed E-state index contributed by atoms with van der Waals surface area (Å²) < 4.78 is 33.1. The molecular formula is C28H28F2N2O3. The van der Waals surface area contributed by atoms with E-state index in [1.807, 2.05) is 31.2 Å². The van der Waals surface area contributed by atoms with Crippen LogP contribution in [0.15, 0.2) is 66.7 Å². The zero-order valence-electron chi connectivity index (χ0n) is 19.8. The molecule has 0 bridgehead atoms. The number of halogens is 2. The Morgan fingerprint density at radius 2 is 1.83 bits per heavy atom. The Morgan fingerprint density at radius 3 is 2.54 bits per heavy atom. The van der Waals surface area contributed by atoms with Gasteiger partial charge < -0.3 is 15.0 Å². The molecule has 0 spiro atoms. The fourth-order valence-corrected chi connectivity index (χ4v) is 4.37. The number of benzene rings is 3. The van der Waals surface area contributed by atoms with Gasteiger partial charge in [0, 0.05) is 19.5 Å². The highest BCUT2D eigenvalue weighted by molar-refractivity contribution is 5.80. The van der Waals surface area contributed by atoms with Crippen molar-refractivity contribution < 1.29 is 23.1 Å². The van der Waals surface area contributed by atoms with Gasteiger partial charge in [0.1, 0.15) is 17.4 Å². The molecule has 4 rings (SSSR count). The van der Waals surface area contributed by atoms with Gasteiger partial charge in [0.2, 0.25) is 5.91 Å². The van der Waals surface area contributed by atoms with E-state index in [0.29, 0.717) is 30.7 Å². The first-order valence-corrected chi connectivity index (χ1v) is 11.7. The number of ether oxygens (including phenoxy) is 1. The van der Waals surface area contributed by atoms with E-state index in [4.69, 9.17) is 4.74 Å². The minimum absolute atomic E-state index is 0.00947. The average Bonchev–Trinajstić information content (AvgIpc) is 2.86. The van der Waals surface area contributed by atoms with Crippen molar-refractivity contribution in [1.82, 2.24) is 10.2 Å². The summed E-state index contributed by atoms with van der Waals surface area (Å²) in [5, 5.41) is 2.79. The van der Waals surface area contributed by atoms with Crippen molar-refractivity contribution in [3.8, 4) is 5.75 Å². The van der Waals surface area contributed by atoms with Crippen LogP contribution in [0.5, 0.6) is 5.75 Å². The second-order valence-electron chi connectivity index (χ2n) is 8.61. The van der Waals surface area contributed by atoms with Gasteiger partial charge >= 0.3 is 0 Å². The molecule has 0 saturated heterocycles. The van der Waals surface area contributed by atoms with Crippen LogP contribution in [0.3, 0.4) is 0 Å². The van der Waals surface area contributed by atoms with Gasteiger partial charge in [-0.05, 0) is 72.0 Å². The topological polar surface area (TPSA) is 58.6 Å². The second-order valence-corrected chi connectivity index (χ2v) is 8.61. The van der Waals surface area contributed by atoms with Crippen molar-refractivity contribution in [3.63, 3.8) is 0 Å². The molecule has 0 saturated carbocycles. The number of rotatable bonds is 7. The van der Waals surface area contributed by atoms with E-state index in [2.05, 4.69) is 5.32 Å². The standard InChI is InChI=1S/C28H28F2N2O3/c1-3-26(33)32-14-13-20-9-12-24(16-25(20)27(32)21-5-4-6-23(30)15-21)35-18(2)28(34)31-17-19-7-10-22(29)11-8-19/h4-12,15-16,18,27H,3,13-14,17H2,1-2H3,(H,31,34)/t18-,27+/m0/s1. The zero-order chi connectivity index (χ0) is 24.9. The average molecular weight is 479 g/mol. The molecule has 0 fully saturated rings. The van der Waals surface area contributed by atoms with Gasteiger partial charge in [-0.15, -0.1) is 0 Å². The molecule has 7 heteroatoms. The lowest BCUT2D eigenvalue weighted by atomic mass is 9.87. The summed E-state index contributed by atoms with van der Waals surface area (Å²) in [6.45, 7) is 4.26. The minimum atomic E-state index is -0.780. The van der Waals surface area contributed by atoms with Crippen molar-refractivity contribution in [2.45, 2.75) is 45.4 Å². The highest BCUT2D eigenvalue weighted by Gasteiger charge is 2.32. The monoisotopic (exact) mass is 478 g/mol. The largest absolute Gasteiger partial charge is 0.481 e. The minimum Gasteiger partial charge on any atom is -0.481 e. The lowest BCUT2D eigenvalue weighted by molar-refractivity contribution is -0.133. The molecule has 1 heterocycles. The summed E-state index contributed by atoms with van der Waals surface area (Å²) >= 11 is 0. The van der Waals surface area contributed by atoms with Crippen LogP contribution in [0.1, 0.15) is 48.6 Å².